The first-order chi connectivity index (χ1) is 14.1. The van der Waals surface area contributed by atoms with Crippen LogP contribution in [0.5, 0.6) is 11.5 Å². The second-order valence-electron chi connectivity index (χ2n) is 6.97. The van der Waals surface area contributed by atoms with Gasteiger partial charge in [0.15, 0.2) is 11.5 Å². The molecule has 3 aromatic carbocycles. The fourth-order valence-electron chi connectivity index (χ4n) is 3.29. The van der Waals surface area contributed by atoms with E-state index < -0.39 is 0 Å². The van der Waals surface area contributed by atoms with Gasteiger partial charge in [0.05, 0.1) is 20.3 Å². The molecule has 1 N–H and O–H groups in total. The lowest BCUT2D eigenvalue weighted by Gasteiger charge is -2.15. The Labute approximate surface area is 172 Å². The molecule has 0 aliphatic heterocycles. The first kappa shape index (κ1) is 20.5. The number of carbonyl (C=O) groups excluding carboxylic acids is 1. The molecule has 1 unspecified atom stereocenters. The second kappa shape index (κ2) is 9.78. The average molecular weight is 389 g/mol. The Kier molecular flexibility index (Phi) is 6.90. The van der Waals surface area contributed by atoms with E-state index in [9.17, 15) is 4.79 Å². The SMILES string of the molecule is COc1ccc(CCC(=O)NC(C)c2ccc(-c3ccccc3)cc2)cc1OC. The number of ether oxygens (including phenoxy) is 2. The van der Waals surface area contributed by atoms with Crippen LogP contribution >= 0.6 is 0 Å². The Hall–Kier alpha value is -3.27. The van der Waals surface area contributed by atoms with E-state index in [1.54, 1.807) is 14.2 Å². The second-order valence-corrected chi connectivity index (χ2v) is 6.97. The molecule has 3 rings (SSSR count). The molecule has 150 valence electrons. The summed E-state index contributed by atoms with van der Waals surface area (Å²) in [7, 11) is 3.22. The zero-order valence-corrected chi connectivity index (χ0v) is 17.1. The fraction of sp³-hybridized carbons (Fsp3) is 0.240. The van der Waals surface area contributed by atoms with Crippen LogP contribution in [0.1, 0.15) is 30.5 Å². The molecule has 0 saturated heterocycles. The van der Waals surface area contributed by atoms with Crippen molar-refractivity contribution in [1.82, 2.24) is 5.32 Å². The molecule has 4 nitrogen and oxygen atoms in total. The zero-order valence-electron chi connectivity index (χ0n) is 17.1. The molecule has 0 aliphatic rings. The Balaban J connectivity index is 1.55. The van der Waals surface area contributed by atoms with Gasteiger partial charge in [0.1, 0.15) is 0 Å². The molecule has 4 heteroatoms. The van der Waals surface area contributed by atoms with E-state index in [0.717, 1.165) is 11.1 Å². The molecule has 29 heavy (non-hydrogen) atoms. The van der Waals surface area contributed by atoms with Crippen molar-refractivity contribution in [2.75, 3.05) is 14.2 Å². The third-order valence-corrected chi connectivity index (χ3v) is 4.98. The minimum absolute atomic E-state index is 0.0272. The molecule has 0 fully saturated rings. The molecular formula is C25H27NO3. The van der Waals surface area contributed by atoms with Crippen LogP contribution in [-0.4, -0.2) is 20.1 Å². The van der Waals surface area contributed by atoms with Gasteiger partial charge >= 0.3 is 0 Å². The van der Waals surface area contributed by atoms with E-state index in [1.807, 2.05) is 43.3 Å². The van der Waals surface area contributed by atoms with Crippen LogP contribution in [0.3, 0.4) is 0 Å². The largest absolute Gasteiger partial charge is 0.493 e. The van der Waals surface area contributed by atoms with Crippen LogP contribution in [0.25, 0.3) is 11.1 Å². The van der Waals surface area contributed by atoms with Gasteiger partial charge in [0.25, 0.3) is 0 Å². The molecule has 3 aromatic rings. The lowest BCUT2D eigenvalue weighted by molar-refractivity contribution is -0.121. The van der Waals surface area contributed by atoms with Gasteiger partial charge in [0, 0.05) is 6.42 Å². The number of hydrogen-bond acceptors (Lipinski definition) is 3. The van der Waals surface area contributed by atoms with Gasteiger partial charge in [0.2, 0.25) is 5.91 Å². The number of amides is 1. The number of aryl methyl sites for hydroxylation is 1. The molecule has 0 radical (unpaired) electrons. The summed E-state index contributed by atoms with van der Waals surface area (Å²) in [5.41, 5.74) is 4.48. The quantitative estimate of drug-likeness (QED) is 0.577. The van der Waals surface area contributed by atoms with Crippen LogP contribution in [0.15, 0.2) is 72.8 Å². The summed E-state index contributed by atoms with van der Waals surface area (Å²) in [6, 6.07) is 24.3. The van der Waals surface area contributed by atoms with E-state index in [0.29, 0.717) is 24.3 Å². The first-order valence-corrected chi connectivity index (χ1v) is 9.76. The van der Waals surface area contributed by atoms with Crippen molar-refractivity contribution in [3.63, 3.8) is 0 Å². The van der Waals surface area contributed by atoms with Crippen LogP contribution in [0, 0.1) is 0 Å². The summed E-state index contributed by atoms with van der Waals surface area (Å²) in [6.07, 6.45) is 1.06. The minimum Gasteiger partial charge on any atom is -0.493 e. The summed E-state index contributed by atoms with van der Waals surface area (Å²) < 4.78 is 10.6. The predicted octanol–water partition coefficient (Wildman–Crippen LogP) is 5.18. The standard InChI is InChI=1S/C25H27NO3/c1-18(20-11-13-22(14-12-20)21-7-5-4-6-8-21)26-25(27)16-10-19-9-15-23(28-2)24(17-19)29-3/h4-9,11-15,17-18H,10,16H2,1-3H3,(H,26,27). The minimum atomic E-state index is -0.0438. The topological polar surface area (TPSA) is 47.6 Å². The van der Waals surface area contributed by atoms with Gasteiger partial charge in [-0.1, -0.05) is 60.7 Å². The van der Waals surface area contributed by atoms with Gasteiger partial charge in [-0.25, -0.2) is 0 Å². The number of rotatable bonds is 8. The maximum absolute atomic E-state index is 12.4. The smallest absolute Gasteiger partial charge is 0.220 e. The molecule has 0 aromatic heterocycles. The van der Waals surface area contributed by atoms with Gasteiger partial charge in [-0.05, 0) is 47.7 Å². The summed E-state index contributed by atoms with van der Waals surface area (Å²) in [5, 5.41) is 3.08. The molecule has 0 bridgehead atoms. The Morgan fingerprint density at radius 2 is 1.52 bits per heavy atom. The van der Waals surface area contributed by atoms with Crippen LogP contribution in [-0.2, 0) is 11.2 Å². The van der Waals surface area contributed by atoms with Crippen molar-refractivity contribution >= 4 is 5.91 Å². The summed E-state index contributed by atoms with van der Waals surface area (Å²) in [6.45, 7) is 2.01. The van der Waals surface area contributed by atoms with E-state index in [2.05, 4.69) is 41.7 Å². The highest BCUT2D eigenvalue weighted by atomic mass is 16.5. The van der Waals surface area contributed by atoms with Gasteiger partial charge < -0.3 is 14.8 Å². The summed E-state index contributed by atoms with van der Waals surface area (Å²) in [5.74, 6) is 1.39. The number of hydrogen-bond donors (Lipinski definition) is 1. The van der Waals surface area contributed by atoms with E-state index >= 15 is 0 Å². The molecule has 1 amide bonds. The molecule has 0 heterocycles. The number of benzene rings is 3. The third-order valence-electron chi connectivity index (χ3n) is 4.98. The lowest BCUT2D eigenvalue weighted by Crippen LogP contribution is -2.26. The molecule has 0 spiro atoms. The third kappa shape index (κ3) is 5.38. The Bertz CT molecular complexity index is 936. The number of nitrogens with one attached hydrogen (secondary N) is 1. The predicted molar refractivity (Wildman–Crippen MR) is 116 cm³/mol. The van der Waals surface area contributed by atoms with E-state index in [4.69, 9.17) is 9.47 Å². The first-order valence-electron chi connectivity index (χ1n) is 9.76. The highest BCUT2D eigenvalue weighted by Crippen LogP contribution is 2.28. The average Bonchev–Trinajstić information content (AvgIpc) is 2.78. The van der Waals surface area contributed by atoms with Crippen LogP contribution < -0.4 is 14.8 Å². The molecule has 0 aliphatic carbocycles. The Morgan fingerprint density at radius 1 is 0.862 bits per heavy atom. The van der Waals surface area contributed by atoms with E-state index in [-0.39, 0.29) is 11.9 Å². The Morgan fingerprint density at radius 3 is 2.17 bits per heavy atom. The van der Waals surface area contributed by atoms with Crippen molar-refractivity contribution < 1.29 is 14.3 Å². The molecule has 0 saturated carbocycles. The molecule has 1 atom stereocenters. The van der Waals surface area contributed by atoms with Gasteiger partial charge in [-0.15, -0.1) is 0 Å². The van der Waals surface area contributed by atoms with Gasteiger partial charge in [-0.2, -0.15) is 0 Å². The maximum Gasteiger partial charge on any atom is 0.220 e. The highest BCUT2D eigenvalue weighted by Gasteiger charge is 2.11. The summed E-state index contributed by atoms with van der Waals surface area (Å²) >= 11 is 0. The molecular weight excluding hydrogens is 362 g/mol. The van der Waals surface area contributed by atoms with Crippen molar-refractivity contribution in [2.24, 2.45) is 0 Å². The van der Waals surface area contributed by atoms with Crippen LogP contribution in [0.4, 0.5) is 0 Å². The fourth-order valence-corrected chi connectivity index (χ4v) is 3.29. The lowest BCUT2D eigenvalue weighted by atomic mass is 10.0. The van der Waals surface area contributed by atoms with Crippen molar-refractivity contribution in [2.45, 2.75) is 25.8 Å². The number of methoxy groups -OCH3 is 2. The zero-order chi connectivity index (χ0) is 20.6. The number of carbonyl (C=O) groups is 1. The van der Waals surface area contributed by atoms with Crippen molar-refractivity contribution in [3.05, 3.63) is 83.9 Å². The van der Waals surface area contributed by atoms with Gasteiger partial charge in [-0.3, -0.25) is 4.79 Å². The van der Waals surface area contributed by atoms with Crippen molar-refractivity contribution in [3.8, 4) is 22.6 Å². The summed E-state index contributed by atoms with van der Waals surface area (Å²) in [4.78, 5) is 12.4. The highest BCUT2D eigenvalue weighted by molar-refractivity contribution is 5.76. The van der Waals surface area contributed by atoms with Crippen LogP contribution in [0.2, 0.25) is 0 Å². The maximum atomic E-state index is 12.4. The normalized spacial score (nSPS) is 11.6. The monoisotopic (exact) mass is 389 g/mol. The van der Waals surface area contributed by atoms with E-state index in [1.165, 1.54) is 11.1 Å². The van der Waals surface area contributed by atoms with Crippen molar-refractivity contribution in [1.29, 1.82) is 0 Å².